The lowest BCUT2D eigenvalue weighted by molar-refractivity contribution is -0.135. The van der Waals surface area contributed by atoms with E-state index in [2.05, 4.69) is 35.8 Å². The van der Waals surface area contributed by atoms with Gasteiger partial charge in [0.2, 0.25) is 0 Å². The van der Waals surface area contributed by atoms with Crippen LogP contribution in [-0.4, -0.2) is 86.6 Å². The molecule has 2 atom stereocenters. The summed E-state index contributed by atoms with van der Waals surface area (Å²) in [5, 5.41) is 9.78. The number of hydrogen-bond donors (Lipinski definition) is 1. The lowest BCUT2D eigenvalue weighted by Gasteiger charge is -2.37. The van der Waals surface area contributed by atoms with Crippen LogP contribution in [0.5, 0.6) is 0 Å². The number of fused-ring (bicyclic) bond motifs is 1. The van der Waals surface area contributed by atoms with E-state index < -0.39 is 0 Å². The molecule has 0 aromatic carbocycles. The normalized spacial score (nSPS) is 23.2. The van der Waals surface area contributed by atoms with Gasteiger partial charge in [0.05, 0.1) is 32.3 Å². The van der Waals surface area contributed by atoms with Crippen LogP contribution in [0.3, 0.4) is 0 Å². The molecule has 5 heterocycles. The SMILES string of the molecule is OC[C@@H]1CN(Cc2cccnc2)C[C@H](n2cnc3c(N4CCOCC4)ncnc32)O1. The molecular formula is C20H25N7O3. The Hall–Kier alpha value is -2.66. The quantitative estimate of drug-likeness (QED) is 0.641. The molecule has 0 bridgehead atoms. The third-order valence-electron chi connectivity index (χ3n) is 5.52. The zero-order valence-electron chi connectivity index (χ0n) is 16.7. The van der Waals surface area contributed by atoms with Crippen molar-refractivity contribution in [2.45, 2.75) is 18.9 Å². The maximum Gasteiger partial charge on any atom is 0.167 e. The molecule has 158 valence electrons. The molecule has 2 fully saturated rings. The van der Waals surface area contributed by atoms with Gasteiger partial charge in [-0.25, -0.2) is 15.0 Å². The van der Waals surface area contributed by atoms with Crippen molar-refractivity contribution >= 4 is 17.0 Å². The number of aliphatic hydroxyl groups is 1. The number of rotatable bonds is 5. The Balaban J connectivity index is 1.42. The highest BCUT2D eigenvalue weighted by Gasteiger charge is 2.30. The van der Waals surface area contributed by atoms with Gasteiger partial charge in [0.15, 0.2) is 17.0 Å². The zero-order valence-corrected chi connectivity index (χ0v) is 16.7. The Bertz CT molecular complexity index is 977. The molecule has 5 rings (SSSR count). The lowest BCUT2D eigenvalue weighted by atomic mass is 10.2. The molecule has 1 N–H and O–H groups in total. The first-order valence-electron chi connectivity index (χ1n) is 10.2. The number of ether oxygens (including phenoxy) is 2. The van der Waals surface area contributed by atoms with E-state index >= 15 is 0 Å². The van der Waals surface area contributed by atoms with Crippen LogP contribution in [-0.2, 0) is 16.0 Å². The lowest BCUT2D eigenvalue weighted by Crippen LogP contribution is -2.46. The van der Waals surface area contributed by atoms with E-state index in [4.69, 9.17) is 9.47 Å². The molecule has 3 aromatic heterocycles. The van der Waals surface area contributed by atoms with Gasteiger partial charge in [0.1, 0.15) is 12.6 Å². The Morgan fingerprint density at radius 1 is 1.13 bits per heavy atom. The van der Waals surface area contributed by atoms with E-state index in [0.29, 0.717) is 26.3 Å². The average Bonchev–Trinajstić information content (AvgIpc) is 3.24. The number of imidazole rings is 1. The second kappa shape index (κ2) is 8.60. The molecule has 0 amide bonds. The van der Waals surface area contributed by atoms with Gasteiger partial charge in [-0.15, -0.1) is 0 Å². The molecule has 2 saturated heterocycles. The Kier molecular flexibility index (Phi) is 5.54. The van der Waals surface area contributed by atoms with Crippen LogP contribution < -0.4 is 4.90 Å². The van der Waals surface area contributed by atoms with Gasteiger partial charge in [-0.1, -0.05) is 6.07 Å². The highest BCUT2D eigenvalue weighted by Crippen LogP contribution is 2.28. The Morgan fingerprint density at radius 3 is 2.83 bits per heavy atom. The van der Waals surface area contributed by atoms with Crippen LogP contribution in [0.4, 0.5) is 5.82 Å². The zero-order chi connectivity index (χ0) is 20.3. The standard InChI is InChI=1S/C20H25N7O3/c28-12-16-10-25(9-15-2-1-3-21-8-15)11-17(30-16)27-14-24-18-19(22-13-23-20(18)27)26-4-6-29-7-5-26/h1-3,8,13-14,16-17,28H,4-7,9-12H2/t16-,17+/m0/s1. The summed E-state index contributed by atoms with van der Waals surface area (Å²) in [6, 6.07) is 3.99. The van der Waals surface area contributed by atoms with Crippen molar-refractivity contribution in [1.82, 2.24) is 29.4 Å². The van der Waals surface area contributed by atoms with Crippen molar-refractivity contribution < 1.29 is 14.6 Å². The molecule has 2 aliphatic rings. The van der Waals surface area contributed by atoms with Gasteiger partial charge in [0.25, 0.3) is 0 Å². The van der Waals surface area contributed by atoms with Gasteiger partial charge < -0.3 is 19.5 Å². The van der Waals surface area contributed by atoms with E-state index in [9.17, 15) is 5.11 Å². The average molecular weight is 411 g/mol. The third kappa shape index (κ3) is 3.86. The molecule has 30 heavy (non-hydrogen) atoms. The predicted octanol–water partition coefficient (Wildman–Crippen LogP) is 0.450. The van der Waals surface area contributed by atoms with Crippen molar-refractivity contribution in [1.29, 1.82) is 0 Å². The molecule has 10 nitrogen and oxygen atoms in total. The fourth-order valence-corrected chi connectivity index (χ4v) is 4.08. The summed E-state index contributed by atoms with van der Waals surface area (Å²) in [6.07, 6.45) is 6.39. The maximum absolute atomic E-state index is 9.78. The van der Waals surface area contributed by atoms with Crippen molar-refractivity contribution in [2.75, 3.05) is 50.9 Å². The number of aliphatic hydroxyl groups excluding tert-OH is 1. The minimum Gasteiger partial charge on any atom is -0.394 e. The predicted molar refractivity (Wildman–Crippen MR) is 109 cm³/mol. The number of aromatic nitrogens is 5. The van der Waals surface area contributed by atoms with Crippen molar-refractivity contribution in [3.63, 3.8) is 0 Å². The first-order valence-corrected chi connectivity index (χ1v) is 10.2. The molecule has 0 aliphatic carbocycles. The van der Waals surface area contributed by atoms with E-state index in [-0.39, 0.29) is 18.9 Å². The fraction of sp³-hybridized carbons (Fsp3) is 0.500. The van der Waals surface area contributed by atoms with Gasteiger partial charge >= 0.3 is 0 Å². The number of hydrogen-bond acceptors (Lipinski definition) is 9. The molecule has 10 heteroatoms. The summed E-state index contributed by atoms with van der Waals surface area (Å²) < 4.78 is 13.6. The third-order valence-corrected chi connectivity index (χ3v) is 5.52. The first-order chi connectivity index (χ1) is 14.8. The van der Waals surface area contributed by atoms with E-state index in [1.54, 1.807) is 18.9 Å². The summed E-state index contributed by atoms with van der Waals surface area (Å²) >= 11 is 0. The summed E-state index contributed by atoms with van der Waals surface area (Å²) in [4.78, 5) is 22.2. The molecule has 0 saturated carbocycles. The van der Waals surface area contributed by atoms with Crippen LogP contribution >= 0.6 is 0 Å². The van der Waals surface area contributed by atoms with E-state index in [0.717, 1.165) is 42.2 Å². The smallest absolute Gasteiger partial charge is 0.167 e. The molecule has 0 radical (unpaired) electrons. The Labute approximate surface area is 174 Å². The van der Waals surface area contributed by atoms with Crippen LogP contribution in [0.15, 0.2) is 37.2 Å². The summed E-state index contributed by atoms with van der Waals surface area (Å²) in [6.45, 7) is 4.94. The van der Waals surface area contributed by atoms with E-state index in [1.807, 2.05) is 16.8 Å². The van der Waals surface area contributed by atoms with E-state index in [1.165, 1.54) is 0 Å². The highest BCUT2D eigenvalue weighted by molar-refractivity contribution is 5.83. The summed E-state index contributed by atoms with van der Waals surface area (Å²) in [5.41, 5.74) is 2.62. The van der Waals surface area contributed by atoms with Crippen LogP contribution in [0.1, 0.15) is 11.8 Å². The second-order valence-electron chi connectivity index (χ2n) is 7.57. The molecule has 2 aliphatic heterocycles. The van der Waals surface area contributed by atoms with Crippen LogP contribution in [0, 0.1) is 0 Å². The fourth-order valence-electron chi connectivity index (χ4n) is 4.08. The topological polar surface area (TPSA) is 102 Å². The van der Waals surface area contributed by atoms with Crippen molar-refractivity contribution in [3.05, 3.63) is 42.7 Å². The van der Waals surface area contributed by atoms with Gasteiger partial charge in [0, 0.05) is 45.1 Å². The van der Waals surface area contributed by atoms with Crippen molar-refractivity contribution in [3.8, 4) is 0 Å². The monoisotopic (exact) mass is 411 g/mol. The second-order valence-corrected chi connectivity index (χ2v) is 7.57. The largest absolute Gasteiger partial charge is 0.394 e. The number of morpholine rings is 2. The number of nitrogens with zero attached hydrogens (tertiary/aromatic N) is 7. The van der Waals surface area contributed by atoms with Gasteiger partial charge in [-0.2, -0.15) is 0 Å². The maximum atomic E-state index is 9.78. The summed E-state index contributed by atoms with van der Waals surface area (Å²) in [7, 11) is 0. The Morgan fingerprint density at radius 2 is 2.03 bits per heavy atom. The first kappa shape index (κ1) is 19.3. The summed E-state index contributed by atoms with van der Waals surface area (Å²) in [5.74, 6) is 0.823. The molecule has 3 aromatic rings. The minimum atomic E-state index is -0.301. The minimum absolute atomic E-state index is 0.0410. The van der Waals surface area contributed by atoms with Gasteiger partial charge in [-0.3, -0.25) is 14.5 Å². The molecule has 0 spiro atoms. The van der Waals surface area contributed by atoms with Crippen molar-refractivity contribution in [2.24, 2.45) is 0 Å². The number of pyridine rings is 1. The van der Waals surface area contributed by atoms with Gasteiger partial charge in [-0.05, 0) is 11.6 Å². The molecule has 0 unspecified atom stereocenters. The molecular weight excluding hydrogens is 386 g/mol. The number of anilines is 1. The van der Waals surface area contributed by atoms with Crippen LogP contribution in [0.25, 0.3) is 11.2 Å². The van der Waals surface area contributed by atoms with Crippen LogP contribution in [0.2, 0.25) is 0 Å². The highest BCUT2D eigenvalue weighted by atomic mass is 16.5.